The fourth-order valence-corrected chi connectivity index (χ4v) is 4.28. The minimum absolute atomic E-state index is 0.144. The van der Waals surface area contributed by atoms with Gasteiger partial charge in [0.25, 0.3) is 0 Å². The molecule has 5 nitrogen and oxygen atoms in total. The number of guanidine groups is 1. The van der Waals surface area contributed by atoms with E-state index in [4.69, 9.17) is 10.7 Å². The van der Waals surface area contributed by atoms with Gasteiger partial charge in [-0.1, -0.05) is 31.0 Å². The maximum absolute atomic E-state index is 6.42. The summed E-state index contributed by atoms with van der Waals surface area (Å²) in [4.78, 5) is 13.1. The third-order valence-corrected chi connectivity index (χ3v) is 6.26. The second-order valence-corrected chi connectivity index (χ2v) is 8.29. The van der Waals surface area contributed by atoms with E-state index in [-0.39, 0.29) is 12.1 Å². The molecule has 0 saturated heterocycles. The lowest BCUT2D eigenvalue weighted by molar-refractivity contribution is 0.375. The third-order valence-electron chi connectivity index (χ3n) is 5.47. The van der Waals surface area contributed by atoms with Gasteiger partial charge in [0, 0.05) is 42.3 Å². The quantitative estimate of drug-likeness (QED) is 0.401. The molecule has 0 radical (unpaired) electrons. The number of aromatic nitrogens is 1. The summed E-state index contributed by atoms with van der Waals surface area (Å²) in [7, 11) is 0. The van der Waals surface area contributed by atoms with Crippen molar-refractivity contribution in [2.45, 2.75) is 56.0 Å². The van der Waals surface area contributed by atoms with Crippen LogP contribution < -0.4 is 11.1 Å². The maximum Gasteiger partial charge on any atom is 0.198 e. The average molecular weight is 412 g/mol. The number of rotatable bonds is 7. The summed E-state index contributed by atoms with van der Waals surface area (Å²) >= 11 is 1.74. The minimum atomic E-state index is 0.144. The molecule has 1 aliphatic rings. The van der Waals surface area contributed by atoms with Gasteiger partial charge in [-0.2, -0.15) is 0 Å². The smallest absolute Gasteiger partial charge is 0.198 e. The highest BCUT2D eigenvalue weighted by molar-refractivity contribution is 7.98. The number of nitrogens with one attached hydrogen (secondary N) is 1. The van der Waals surface area contributed by atoms with Gasteiger partial charge in [-0.15, -0.1) is 11.8 Å². The van der Waals surface area contributed by atoms with Crippen LogP contribution in [0.4, 0.5) is 5.69 Å². The molecule has 6 heteroatoms. The van der Waals surface area contributed by atoms with E-state index >= 15 is 0 Å². The van der Waals surface area contributed by atoms with Gasteiger partial charge in [0.2, 0.25) is 0 Å². The Hall–Kier alpha value is -2.05. The Balaban J connectivity index is 1.83. The summed E-state index contributed by atoms with van der Waals surface area (Å²) < 4.78 is 0. The number of para-hydroxylation sites is 1. The van der Waals surface area contributed by atoms with Gasteiger partial charge >= 0.3 is 0 Å². The zero-order chi connectivity index (χ0) is 20.5. The molecule has 0 spiro atoms. The van der Waals surface area contributed by atoms with Gasteiger partial charge in [-0.3, -0.25) is 4.98 Å². The second kappa shape index (κ2) is 11.2. The predicted octanol–water partition coefficient (Wildman–Crippen LogP) is 4.41. The van der Waals surface area contributed by atoms with Gasteiger partial charge in [0.15, 0.2) is 5.96 Å². The molecular weight excluding hydrogens is 378 g/mol. The number of hydrogen-bond acceptors (Lipinski definition) is 4. The molecule has 0 bridgehead atoms. The first-order chi connectivity index (χ1) is 14.2. The zero-order valence-electron chi connectivity index (χ0n) is 17.6. The first-order valence-corrected chi connectivity index (χ1v) is 11.8. The number of anilines is 1. The summed E-state index contributed by atoms with van der Waals surface area (Å²) in [5.74, 6) is 0.923. The summed E-state index contributed by atoms with van der Waals surface area (Å²) in [6.07, 6.45) is 9.38. The van der Waals surface area contributed by atoms with Crippen molar-refractivity contribution in [3.63, 3.8) is 0 Å². The van der Waals surface area contributed by atoms with Crippen LogP contribution in [-0.4, -0.2) is 47.3 Å². The van der Waals surface area contributed by atoms with Crippen LogP contribution in [0.1, 0.15) is 38.3 Å². The molecule has 1 heterocycles. The number of nitrogens with zero attached hydrogens (tertiary/aromatic N) is 3. The highest BCUT2D eigenvalue weighted by Gasteiger charge is 2.23. The maximum atomic E-state index is 6.42. The molecule has 3 N–H and O–H groups in total. The van der Waals surface area contributed by atoms with Crippen LogP contribution in [0, 0.1) is 0 Å². The molecule has 2 atom stereocenters. The van der Waals surface area contributed by atoms with Crippen LogP contribution in [0.5, 0.6) is 0 Å². The van der Waals surface area contributed by atoms with E-state index in [0.29, 0.717) is 0 Å². The Kier molecular flexibility index (Phi) is 8.38. The van der Waals surface area contributed by atoms with Crippen molar-refractivity contribution in [1.29, 1.82) is 0 Å². The molecule has 1 saturated carbocycles. The van der Waals surface area contributed by atoms with Gasteiger partial charge in [0.1, 0.15) is 0 Å². The summed E-state index contributed by atoms with van der Waals surface area (Å²) in [5.41, 5.74) is 8.61. The van der Waals surface area contributed by atoms with Crippen LogP contribution in [0.25, 0.3) is 0 Å². The van der Waals surface area contributed by atoms with Crippen LogP contribution in [0.15, 0.2) is 58.5 Å². The molecule has 1 aromatic heterocycles. The standard InChI is InChI=1S/C23H33N5S/c1-3-28(17-15-18-10-8-9-16-25-18)23(26-20-12-5-4-11-19(20)24)27-21-13-6-7-14-22(21)29-2/h6-10,13-14,16,19-20H,3-5,11-12,15,17,24H2,1-2H3,(H,26,27)/t19-,20-/m0/s1. The lowest BCUT2D eigenvalue weighted by Crippen LogP contribution is -2.42. The predicted molar refractivity (Wildman–Crippen MR) is 125 cm³/mol. The third kappa shape index (κ3) is 6.21. The van der Waals surface area contributed by atoms with Crippen molar-refractivity contribution in [2.75, 3.05) is 24.7 Å². The van der Waals surface area contributed by atoms with E-state index < -0.39 is 0 Å². The molecule has 29 heavy (non-hydrogen) atoms. The van der Waals surface area contributed by atoms with Crippen molar-refractivity contribution in [2.24, 2.45) is 10.7 Å². The number of likely N-dealkylation sites (N-methyl/N-ethyl adjacent to an activating group) is 1. The van der Waals surface area contributed by atoms with Crippen LogP contribution in [0.2, 0.25) is 0 Å². The number of thioether (sulfide) groups is 1. The highest BCUT2D eigenvalue weighted by atomic mass is 32.2. The van der Waals surface area contributed by atoms with E-state index in [2.05, 4.69) is 58.7 Å². The minimum Gasteiger partial charge on any atom is -0.343 e. The number of benzene rings is 1. The van der Waals surface area contributed by atoms with Crippen LogP contribution in [0.3, 0.4) is 0 Å². The van der Waals surface area contributed by atoms with Gasteiger partial charge in [-0.05, 0) is 50.3 Å². The largest absolute Gasteiger partial charge is 0.343 e. The molecule has 1 aromatic carbocycles. The van der Waals surface area contributed by atoms with Gasteiger partial charge in [-0.25, -0.2) is 4.99 Å². The molecule has 2 aromatic rings. The number of nitrogens with two attached hydrogens (primary N) is 1. The summed E-state index contributed by atoms with van der Waals surface area (Å²) in [6.45, 7) is 3.92. The molecule has 0 unspecified atom stereocenters. The van der Waals surface area contributed by atoms with Crippen LogP contribution in [-0.2, 0) is 6.42 Å². The number of pyridine rings is 1. The summed E-state index contributed by atoms with van der Waals surface area (Å²) in [6, 6.07) is 14.8. The fourth-order valence-electron chi connectivity index (χ4n) is 3.73. The van der Waals surface area contributed by atoms with Gasteiger partial charge < -0.3 is 16.0 Å². The molecule has 0 aliphatic heterocycles. The van der Waals surface area contributed by atoms with Crippen molar-refractivity contribution in [3.05, 3.63) is 54.4 Å². The lowest BCUT2D eigenvalue weighted by Gasteiger charge is -2.31. The average Bonchev–Trinajstić information content (AvgIpc) is 2.76. The Morgan fingerprint density at radius 2 is 2.00 bits per heavy atom. The Labute approximate surface area is 179 Å². The molecule has 0 amide bonds. The first-order valence-electron chi connectivity index (χ1n) is 10.6. The van der Waals surface area contributed by atoms with Crippen molar-refractivity contribution in [3.8, 4) is 0 Å². The Bertz CT molecular complexity index is 780. The monoisotopic (exact) mass is 411 g/mol. The van der Waals surface area contributed by atoms with E-state index in [9.17, 15) is 0 Å². The van der Waals surface area contributed by atoms with Gasteiger partial charge in [0.05, 0.1) is 11.7 Å². The normalized spacial score (nSPS) is 19.8. The lowest BCUT2D eigenvalue weighted by atomic mass is 9.91. The van der Waals surface area contributed by atoms with Crippen molar-refractivity contribution >= 4 is 23.4 Å². The van der Waals surface area contributed by atoms with Crippen molar-refractivity contribution in [1.82, 2.24) is 9.88 Å². The van der Waals surface area contributed by atoms with E-state index in [1.165, 1.54) is 17.7 Å². The summed E-state index contributed by atoms with van der Waals surface area (Å²) in [5, 5.41) is 3.63. The van der Waals surface area contributed by atoms with Crippen LogP contribution >= 0.6 is 11.8 Å². The Morgan fingerprint density at radius 3 is 2.72 bits per heavy atom. The molecule has 1 aliphatic carbocycles. The highest BCUT2D eigenvalue weighted by Crippen LogP contribution is 2.26. The number of hydrogen-bond donors (Lipinski definition) is 2. The zero-order valence-corrected chi connectivity index (χ0v) is 18.4. The molecule has 156 valence electrons. The molecule has 3 rings (SSSR count). The Morgan fingerprint density at radius 1 is 1.21 bits per heavy atom. The topological polar surface area (TPSA) is 66.5 Å². The van der Waals surface area contributed by atoms with Crippen molar-refractivity contribution < 1.29 is 0 Å². The number of aliphatic imine (C=N–C) groups is 1. The van der Waals surface area contributed by atoms with E-state index in [1.54, 1.807) is 11.8 Å². The molecule has 1 fully saturated rings. The fraction of sp³-hybridized carbons (Fsp3) is 0.478. The molecular formula is C23H33N5S. The van der Waals surface area contributed by atoms with E-state index in [0.717, 1.165) is 49.7 Å². The second-order valence-electron chi connectivity index (χ2n) is 7.44. The van der Waals surface area contributed by atoms with E-state index in [1.807, 2.05) is 18.3 Å². The SMILES string of the molecule is CCN(CCc1ccccn1)C(=N[C@H]1CCCC[C@@H]1N)Nc1ccccc1SC. The first kappa shape index (κ1) is 21.7.